The molecule has 0 bridgehead atoms. The molecule has 1 aliphatic rings. The highest BCUT2D eigenvalue weighted by atomic mass is 19.4. The maximum absolute atomic E-state index is 12.5. The van der Waals surface area contributed by atoms with Crippen LogP contribution in [0.3, 0.4) is 0 Å². The fourth-order valence-corrected chi connectivity index (χ4v) is 2.72. The van der Waals surface area contributed by atoms with Gasteiger partial charge >= 0.3 is 6.18 Å². The second-order valence-electron chi connectivity index (χ2n) is 5.64. The number of pyridine rings is 1. The predicted molar refractivity (Wildman–Crippen MR) is 78.2 cm³/mol. The van der Waals surface area contributed by atoms with Gasteiger partial charge in [0.05, 0.1) is 5.56 Å². The lowest BCUT2D eigenvalue weighted by molar-refractivity contribution is -0.137. The van der Waals surface area contributed by atoms with Crippen LogP contribution in [0.1, 0.15) is 41.0 Å². The zero-order valence-electron chi connectivity index (χ0n) is 13.0. The molecule has 6 nitrogen and oxygen atoms in total. The van der Waals surface area contributed by atoms with E-state index in [9.17, 15) is 18.0 Å². The van der Waals surface area contributed by atoms with Gasteiger partial charge in [-0.1, -0.05) is 6.92 Å². The van der Waals surface area contributed by atoms with Gasteiger partial charge in [0, 0.05) is 31.6 Å². The van der Waals surface area contributed by atoms with Gasteiger partial charge in [-0.05, 0) is 18.6 Å². The van der Waals surface area contributed by atoms with Crippen molar-refractivity contribution in [3.8, 4) is 0 Å². The largest absolute Gasteiger partial charge is 0.417 e. The third-order valence-electron chi connectivity index (χ3n) is 4.00. The number of nitrogens with zero attached hydrogens (tertiary/aromatic N) is 4. The lowest BCUT2D eigenvalue weighted by Gasteiger charge is -2.25. The highest BCUT2D eigenvalue weighted by Crippen LogP contribution is 2.28. The molecule has 0 spiro atoms. The van der Waals surface area contributed by atoms with Gasteiger partial charge in [-0.15, -0.1) is 10.2 Å². The summed E-state index contributed by atoms with van der Waals surface area (Å²) in [6.07, 6.45) is -1.66. The number of halogens is 3. The molecule has 0 unspecified atom stereocenters. The summed E-state index contributed by atoms with van der Waals surface area (Å²) in [5.74, 6) is 1.27. The predicted octanol–water partition coefficient (Wildman–Crippen LogP) is 2.00. The molecule has 128 valence electrons. The second-order valence-corrected chi connectivity index (χ2v) is 5.64. The van der Waals surface area contributed by atoms with Crippen molar-refractivity contribution in [3.05, 3.63) is 41.2 Å². The summed E-state index contributed by atoms with van der Waals surface area (Å²) in [5, 5.41) is 11.0. The molecule has 9 heteroatoms. The number of aromatic nitrogens is 4. The third kappa shape index (κ3) is 3.24. The lowest BCUT2D eigenvalue weighted by atomic mass is 10.1. The minimum atomic E-state index is -4.47. The van der Waals surface area contributed by atoms with Gasteiger partial charge in [0.25, 0.3) is 5.91 Å². The van der Waals surface area contributed by atoms with Crippen molar-refractivity contribution in [1.82, 2.24) is 25.1 Å². The van der Waals surface area contributed by atoms with E-state index in [0.717, 1.165) is 30.2 Å². The van der Waals surface area contributed by atoms with E-state index in [-0.39, 0.29) is 11.7 Å². The molecule has 0 aromatic carbocycles. The van der Waals surface area contributed by atoms with Gasteiger partial charge in [0.2, 0.25) is 0 Å². The topological polar surface area (TPSA) is 72.7 Å². The molecule has 0 radical (unpaired) electrons. The molecule has 0 saturated carbocycles. The number of alkyl halides is 3. The molecule has 1 N–H and O–H groups in total. The Morgan fingerprint density at radius 1 is 1.38 bits per heavy atom. The van der Waals surface area contributed by atoms with E-state index in [4.69, 9.17) is 0 Å². The van der Waals surface area contributed by atoms with Crippen molar-refractivity contribution in [2.75, 3.05) is 0 Å². The minimum Gasteiger partial charge on any atom is -0.346 e. The van der Waals surface area contributed by atoms with Crippen LogP contribution >= 0.6 is 0 Å². The normalized spacial score (nSPS) is 17.4. The lowest BCUT2D eigenvalue weighted by Crippen LogP contribution is -2.41. The van der Waals surface area contributed by atoms with Crippen LogP contribution in [0.4, 0.5) is 13.2 Å². The maximum Gasteiger partial charge on any atom is 0.417 e. The summed E-state index contributed by atoms with van der Waals surface area (Å²) in [7, 11) is 0. The van der Waals surface area contributed by atoms with Gasteiger partial charge in [0.15, 0.2) is 0 Å². The number of fused-ring (bicyclic) bond motifs is 1. The van der Waals surface area contributed by atoms with E-state index < -0.39 is 17.6 Å². The summed E-state index contributed by atoms with van der Waals surface area (Å²) in [5.41, 5.74) is -0.910. The first-order chi connectivity index (χ1) is 11.4. The SMILES string of the molecule is CCc1nnc2n1C[C@H](NC(=O)c1ccc(C(F)(F)F)cn1)CC2. The van der Waals surface area contributed by atoms with Gasteiger partial charge in [0.1, 0.15) is 17.3 Å². The molecule has 3 rings (SSSR count). The Morgan fingerprint density at radius 3 is 2.79 bits per heavy atom. The molecular formula is C15H16F3N5O. The number of rotatable bonds is 3. The maximum atomic E-state index is 12.5. The van der Waals surface area contributed by atoms with Gasteiger partial charge in [-0.25, -0.2) is 0 Å². The van der Waals surface area contributed by atoms with E-state index >= 15 is 0 Å². The Labute approximate surface area is 136 Å². The summed E-state index contributed by atoms with van der Waals surface area (Å²) < 4.78 is 39.5. The molecule has 3 heterocycles. The van der Waals surface area contributed by atoms with Crippen LogP contribution in [0.15, 0.2) is 18.3 Å². The molecule has 1 amide bonds. The standard InChI is InChI=1S/C15H16F3N5O/c1-2-12-21-22-13-6-4-10(8-23(12)13)20-14(24)11-5-3-9(7-19-11)15(16,17)18/h3,5,7,10H,2,4,6,8H2,1H3,(H,20,24)/t10-/m1/s1. The highest BCUT2D eigenvalue weighted by Gasteiger charge is 2.31. The zero-order chi connectivity index (χ0) is 17.3. The van der Waals surface area contributed by atoms with E-state index in [1.807, 2.05) is 11.5 Å². The summed E-state index contributed by atoms with van der Waals surface area (Å²) in [4.78, 5) is 15.8. The van der Waals surface area contributed by atoms with E-state index in [1.165, 1.54) is 0 Å². The monoisotopic (exact) mass is 339 g/mol. The van der Waals surface area contributed by atoms with E-state index in [1.54, 1.807) is 0 Å². The molecule has 0 saturated heterocycles. The fourth-order valence-electron chi connectivity index (χ4n) is 2.72. The van der Waals surface area contributed by atoms with Gasteiger partial charge in [-0.3, -0.25) is 9.78 Å². The smallest absolute Gasteiger partial charge is 0.346 e. The Morgan fingerprint density at radius 2 is 2.17 bits per heavy atom. The molecule has 2 aromatic rings. The summed E-state index contributed by atoms with van der Waals surface area (Å²) in [6, 6.07) is 1.81. The van der Waals surface area contributed by atoms with Crippen molar-refractivity contribution in [2.24, 2.45) is 0 Å². The van der Waals surface area contributed by atoms with Crippen molar-refractivity contribution in [2.45, 2.75) is 44.9 Å². The highest BCUT2D eigenvalue weighted by molar-refractivity contribution is 5.92. The second kappa shape index (κ2) is 6.21. The number of amides is 1. The molecule has 0 aliphatic carbocycles. The van der Waals surface area contributed by atoms with Gasteiger partial charge < -0.3 is 9.88 Å². The Balaban J connectivity index is 1.67. The number of hydrogen-bond donors (Lipinski definition) is 1. The molecule has 0 fully saturated rings. The van der Waals surface area contributed by atoms with Crippen molar-refractivity contribution < 1.29 is 18.0 Å². The molecule has 1 aliphatic heterocycles. The number of nitrogens with one attached hydrogen (secondary N) is 1. The number of carbonyl (C=O) groups is 1. The van der Waals surface area contributed by atoms with Crippen LogP contribution in [0.2, 0.25) is 0 Å². The van der Waals surface area contributed by atoms with Gasteiger partial charge in [-0.2, -0.15) is 13.2 Å². The zero-order valence-corrected chi connectivity index (χ0v) is 13.0. The molecular weight excluding hydrogens is 323 g/mol. The van der Waals surface area contributed by atoms with Crippen LogP contribution in [-0.2, 0) is 25.6 Å². The van der Waals surface area contributed by atoms with E-state index in [2.05, 4.69) is 20.5 Å². The van der Waals surface area contributed by atoms with Crippen LogP contribution in [0.25, 0.3) is 0 Å². The molecule has 2 aromatic heterocycles. The van der Waals surface area contributed by atoms with Crippen LogP contribution < -0.4 is 5.32 Å². The molecule has 24 heavy (non-hydrogen) atoms. The third-order valence-corrected chi connectivity index (χ3v) is 4.00. The Bertz CT molecular complexity index is 725. The fraction of sp³-hybridized carbons (Fsp3) is 0.467. The average molecular weight is 339 g/mol. The first kappa shape index (κ1) is 16.4. The molecule has 1 atom stereocenters. The van der Waals surface area contributed by atoms with Crippen LogP contribution in [0.5, 0.6) is 0 Å². The van der Waals surface area contributed by atoms with Crippen molar-refractivity contribution in [1.29, 1.82) is 0 Å². The minimum absolute atomic E-state index is 0.0340. The summed E-state index contributed by atoms with van der Waals surface area (Å²) in [6.45, 7) is 2.53. The van der Waals surface area contributed by atoms with Crippen molar-refractivity contribution in [3.63, 3.8) is 0 Å². The first-order valence-electron chi connectivity index (χ1n) is 7.63. The number of carbonyl (C=O) groups excluding carboxylic acids is 1. The average Bonchev–Trinajstić information content (AvgIpc) is 2.96. The van der Waals surface area contributed by atoms with Crippen molar-refractivity contribution >= 4 is 5.91 Å². The Hall–Kier alpha value is -2.45. The Kier molecular flexibility index (Phi) is 4.25. The first-order valence-corrected chi connectivity index (χ1v) is 7.63. The van der Waals surface area contributed by atoms with Crippen LogP contribution in [0, 0.1) is 0 Å². The van der Waals surface area contributed by atoms with E-state index in [0.29, 0.717) is 25.6 Å². The number of hydrogen-bond acceptors (Lipinski definition) is 4. The summed E-state index contributed by atoms with van der Waals surface area (Å²) >= 11 is 0. The number of aryl methyl sites for hydroxylation is 2. The quantitative estimate of drug-likeness (QED) is 0.928. The van der Waals surface area contributed by atoms with Crippen LogP contribution in [-0.4, -0.2) is 31.7 Å².